The molecule has 0 unspecified atom stereocenters. The van der Waals surface area contributed by atoms with Crippen molar-refractivity contribution in [1.29, 1.82) is 0 Å². The highest BCUT2D eigenvalue weighted by Gasteiger charge is 2.28. The minimum Gasteiger partial charge on any atom is -0.379 e. The van der Waals surface area contributed by atoms with Gasteiger partial charge in [0, 0.05) is 35.2 Å². The fourth-order valence-electron chi connectivity index (χ4n) is 2.52. The number of morpholine rings is 1. The minimum atomic E-state index is -0.107. The zero-order chi connectivity index (χ0) is 16.2. The average molecular weight is 345 g/mol. The van der Waals surface area contributed by atoms with Gasteiger partial charge in [0.2, 0.25) is 5.91 Å². The lowest BCUT2D eigenvalue weighted by molar-refractivity contribution is -0.121. The molecule has 1 saturated heterocycles. The molecule has 0 aliphatic carbocycles. The van der Waals surface area contributed by atoms with Crippen molar-refractivity contribution < 1.29 is 9.53 Å². The van der Waals surface area contributed by atoms with Crippen molar-refractivity contribution in [3.8, 4) is 0 Å². The highest BCUT2D eigenvalue weighted by molar-refractivity contribution is 6.36. The maximum Gasteiger partial charge on any atom is 0.224 e. The highest BCUT2D eigenvalue weighted by Crippen LogP contribution is 2.24. The lowest BCUT2D eigenvalue weighted by atomic mass is 10.0. The van der Waals surface area contributed by atoms with Crippen LogP contribution >= 0.6 is 23.2 Å². The van der Waals surface area contributed by atoms with Gasteiger partial charge in [0.05, 0.1) is 19.6 Å². The van der Waals surface area contributed by atoms with Crippen LogP contribution in [-0.2, 0) is 16.0 Å². The molecule has 22 heavy (non-hydrogen) atoms. The second-order valence-corrected chi connectivity index (χ2v) is 6.88. The van der Waals surface area contributed by atoms with Crippen LogP contribution < -0.4 is 5.32 Å². The summed E-state index contributed by atoms with van der Waals surface area (Å²) in [5.41, 5.74) is 0.566. The van der Waals surface area contributed by atoms with Crippen molar-refractivity contribution in [2.75, 3.05) is 32.8 Å². The highest BCUT2D eigenvalue weighted by atomic mass is 35.5. The van der Waals surface area contributed by atoms with Gasteiger partial charge in [-0.2, -0.15) is 0 Å². The normalized spacial score (nSPS) is 16.5. The van der Waals surface area contributed by atoms with E-state index in [1.54, 1.807) is 18.2 Å². The Morgan fingerprint density at radius 3 is 2.45 bits per heavy atom. The van der Waals surface area contributed by atoms with Gasteiger partial charge in [0.25, 0.3) is 0 Å². The van der Waals surface area contributed by atoms with Gasteiger partial charge in [-0.15, -0.1) is 0 Å². The molecule has 1 heterocycles. The molecule has 4 nitrogen and oxygen atoms in total. The van der Waals surface area contributed by atoms with Crippen molar-refractivity contribution in [2.24, 2.45) is 0 Å². The molecule has 1 amide bonds. The number of carbonyl (C=O) groups is 1. The van der Waals surface area contributed by atoms with Crippen LogP contribution in [0.25, 0.3) is 0 Å². The number of amides is 1. The van der Waals surface area contributed by atoms with Gasteiger partial charge in [0.1, 0.15) is 0 Å². The summed E-state index contributed by atoms with van der Waals surface area (Å²) in [7, 11) is 0. The summed E-state index contributed by atoms with van der Waals surface area (Å²) in [5, 5.41) is 4.03. The predicted molar refractivity (Wildman–Crippen MR) is 89.6 cm³/mol. The molecule has 0 spiro atoms. The van der Waals surface area contributed by atoms with Gasteiger partial charge >= 0.3 is 0 Å². The molecule has 1 fully saturated rings. The number of hydrogen-bond donors (Lipinski definition) is 1. The molecule has 0 atom stereocenters. The Morgan fingerprint density at radius 2 is 1.86 bits per heavy atom. The first-order chi connectivity index (χ1) is 10.4. The molecule has 0 aromatic heterocycles. The summed E-state index contributed by atoms with van der Waals surface area (Å²) in [6, 6.07) is 5.26. The first-order valence-corrected chi connectivity index (χ1v) is 8.18. The molecule has 1 aliphatic rings. The molecule has 1 N–H and O–H groups in total. The van der Waals surface area contributed by atoms with Crippen LogP contribution in [0.3, 0.4) is 0 Å². The summed E-state index contributed by atoms with van der Waals surface area (Å²) >= 11 is 12.2. The van der Waals surface area contributed by atoms with Crippen molar-refractivity contribution in [2.45, 2.75) is 25.8 Å². The summed E-state index contributed by atoms with van der Waals surface area (Å²) in [6.45, 7) is 8.09. The van der Waals surface area contributed by atoms with Gasteiger partial charge in [-0.25, -0.2) is 0 Å². The number of halogens is 2. The van der Waals surface area contributed by atoms with Crippen LogP contribution in [0.15, 0.2) is 18.2 Å². The number of nitrogens with zero attached hydrogens (tertiary/aromatic N) is 1. The predicted octanol–water partition coefficient (Wildman–Crippen LogP) is 2.76. The van der Waals surface area contributed by atoms with E-state index >= 15 is 0 Å². The Bertz CT molecular complexity index is 509. The number of rotatable bonds is 5. The van der Waals surface area contributed by atoms with Gasteiger partial charge in [-0.05, 0) is 31.5 Å². The molecule has 0 bridgehead atoms. The summed E-state index contributed by atoms with van der Waals surface area (Å²) in [6.07, 6.45) is 0.192. The Balaban J connectivity index is 1.89. The van der Waals surface area contributed by atoms with Crippen LogP contribution in [0.2, 0.25) is 10.0 Å². The second-order valence-electron chi connectivity index (χ2n) is 6.07. The van der Waals surface area contributed by atoms with Gasteiger partial charge < -0.3 is 10.1 Å². The van der Waals surface area contributed by atoms with Crippen molar-refractivity contribution >= 4 is 29.1 Å². The number of hydrogen-bond acceptors (Lipinski definition) is 3. The smallest absolute Gasteiger partial charge is 0.224 e. The minimum absolute atomic E-state index is 0.0728. The van der Waals surface area contributed by atoms with E-state index in [0.717, 1.165) is 26.3 Å². The molecule has 2 rings (SSSR count). The van der Waals surface area contributed by atoms with E-state index in [1.165, 1.54) is 0 Å². The van der Waals surface area contributed by atoms with Crippen LogP contribution in [0.1, 0.15) is 19.4 Å². The van der Waals surface area contributed by atoms with E-state index in [-0.39, 0.29) is 17.9 Å². The largest absolute Gasteiger partial charge is 0.379 e. The molecule has 1 aliphatic heterocycles. The van der Waals surface area contributed by atoms with Crippen LogP contribution in [0, 0.1) is 0 Å². The quantitative estimate of drug-likeness (QED) is 0.892. The Kier molecular flexibility index (Phi) is 6.09. The SMILES string of the molecule is CC(C)(CNC(=O)Cc1c(Cl)cccc1Cl)N1CCOCC1. The Morgan fingerprint density at radius 1 is 1.27 bits per heavy atom. The van der Waals surface area contributed by atoms with Gasteiger partial charge in [-0.3, -0.25) is 9.69 Å². The van der Waals surface area contributed by atoms with Crippen molar-refractivity contribution in [1.82, 2.24) is 10.2 Å². The van der Waals surface area contributed by atoms with Crippen LogP contribution in [0.5, 0.6) is 0 Å². The number of ether oxygens (including phenoxy) is 1. The van der Waals surface area contributed by atoms with Crippen LogP contribution in [0.4, 0.5) is 0 Å². The third kappa shape index (κ3) is 4.59. The fraction of sp³-hybridized carbons (Fsp3) is 0.562. The zero-order valence-electron chi connectivity index (χ0n) is 13.0. The first kappa shape index (κ1) is 17.5. The zero-order valence-corrected chi connectivity index (χ0v) is 14.5. The van der Waals surface area contributed by atoms with Crippen molar-refractivity contribution in [3.63, 3.8) is 0 Å². The monoisotopic (exact) mass is 344 g/mol. The second kappa shape index (κ2) is 7.64. The fourth-order valence-corrected chi connectivity index (χ4v) is 3.05. The van der Waals surface area contributed by atoms with E-state index in [4.69, 9.17) is 27.9 Å². The lowest BCUT2D eigenvalue weighted by Gasteiger charge is -2.40. The summed E-state index contributed by atoms with van der Waals surface area (Å²) in [5.74, 6) is -0.0728. The maximum atomic E-state index is 12.2. The number of nitrogens with one attached hydrogen (secondary N) is 1. The molecule has 0 saturated carbocycles. The topological polar surface area (TPSA) is 41.6 Å². The number of benzene rings is 1. The Hall–Kier alpha value is -0.810. The first-order valence-electron chi connectivity index (χ1n) is 7.42. The van der Waals surface area contributed by atoms with E-state index in [9.17, 15) is 4.79 Å². The van der Waals surface area contributed by atoms with Gasteiger partial charge in [-0.1, -0.05) is 29.3 Å². The summed E-state index contributed by atoms with van der Waals surface area (Å²) in [4.78, 5) is 14.5. The molecule has 122 valence electrons. The maximum absolute atomic E-state index is 12.2. The van der Waals surface area contributed by atoms with Gasteiger partial charge in [0.15, 0.2) is 0 Å². The lowest BCUT2D eigenvalue weighted by Crippen LogP contribution is -2.55. The molecule has 1 aromatic carbocycles. The third-order valence-electron chi connectivity index (χ3n) is 3.98. The van der Waals surface area contributed by atoms with E-state index in [2.05, 4.69) is 24.1 Å². The van der Waals surface area contributed by atoms with Crippen LogP contribution in [-0.4, -0.2) is 49.2 Å². The van der Waals surface area contributed by atoms with Crippen molar-refractivity contribution in [3.05, 3.63) is 33.8 Å². The van der Waals surface area contributed by atoms with E-state index in [0.29, 0.717) is 22.2 Å². The standard InChI is InChI=1S/C16H22Cl2N2O2/c1-16(2,20-6-8-22-9-7-20)11-19-15(21)10-12-13(17)4-3-5-14(12)18/h3-5H,6-11H2,1-2H3,(H,19,21). The Labute approximate surface area is 141 Å². The third-order valence-corrected chi connectivity index (χ3v) is 4.69. The molecule has 1 aromatic rings. The summed E-state index contributed by atoms with van der Waals surface area (Å²) < 4.78 is 5.37. The molecular formula is C16H22Cl2N2O2. The molecule has 0 radical (unpaired) electrons. The van der Waals surface area contributed by atoms with E-state index < -0.39 is 0 Å². The molecular weight excluding hydrogens is 323 g/mol. The number of carbonyl (C=O) groups excluding carboxylic acids is 1. The average Bonchev–Trinajstić information content (AvgIpc) is 2.50. The molecule has 6 heteroatoms. The van der Waals surface area contributed by atoms with E-state index in [1.807, 2.05) is 0 Å².